The van der Waals surface area contributed by atoms with E-state index in [9.17, 15) is 9.90 Å². The van der Waals surface area contributed by atoms with Crippen molar-refractivity contribution in [3.63, 3.8) is 0 Å². The number of benzene rings is 1. The van der Waals surface area contributed by atoms with Crippen molar-refractivity contribution in [2.24, 2.45) is 5.41 Å². The monoisotopic (exact) mass is 221 g/mol. The molecule has 0 aliphatic heterocycles. The fourth-order valence-corrected chi connectivity index (χ4v) is 1.20. The third kappa shape index (κ3) is 3.07. The van der Waals surface area contributed by atoms with Gasteiger partial charge in [0, 0.05) is 17.0 Å². The maximum Gasteiger partial charge on any atom is 0.251 e. The Morgan fingerprint density at radius 1 is 1.38 bits per heavy atom. The molecule has 0 aliphatic rings. The highest BCUT2D eigenvalue weighted by molar-refractivity contribution is 5.94. The zero-order chi connectivity index (χ0) is 12.2. The van der Waals surface area contributed by atoms with Gasteiger partial charge in [0.25, 0.3) is 5.91 Å². The molecule has 0 aromatic heterocycles. The van der Waals surface area contributed by atoms with E-state index >= 15 is 0 Å². The van der Waals surface area contributed by atoms with Crippen LogP contribution >= 0.6 is 0 Å². The molecule has 0 bridgehead atoms. The molecule has 1 rings (SSSR count). The van der Waals surface area contributed by atoms with Gasteiger partial charge in [-0.3, -0.25) is 4.79 Å². The Bertz CT molecular complexity index is 346. The lowest BCUT2D eigenvalue weighted by atomic mass is 9.86. The smallest absolute Gasteiger partial charge is 0.251 e. The zero-order valence-corrected chi connectivity index (χ0v) is 10.0. The van der Waals surface area contributed by atoms with E-state index in [1.54, 1.807) is 12.1 Å². The number of nitrogens with one attached hydrogen (secondary N) is 1. The van der Waals surface area contributed by atoms with Crippen LogP contribution in [-0.2, 0) is 0 Å². The highest BCUT2D eigenvalue weighted by Gasteiger charge is 2.26. The van der Waals surface area contributed by atoms with Crippen molar-refractivity contribution in [3.05, 3.63) is 35.9 Å². The predicted octanol–water partition coefficient (Wildman–Crippen LogP) is 1.82. The molecule has 3 heteroatoms. The summed E-state index contributed by atoms with van der Waals surface area (Å²) < 4.78 is 0. The molecular formula is C13H19NO2. The van der Waals surface area contributed by atoms with Gasteiger partial charge in [0.1, 0.15) is 0 Å². The van der Waals surface area contributed by atoms with Crippen molar-refractivity contribution in [2.75, 3.05) is 6.61 Å². The van der Waals surface area contributed by atoms with E-state index in [1.165, 1.54) is 0 Å². The van der Waals surface area contributed by atoms with Crippen molar-refractivity contribution in [1.29, 1.82) is 0 Å². The molecule has 1 unspecified atom stereocenters. The second kappa shape index (κ2) is 5.12. The first kappa shape index (κ1) is 12.7. The molecule has 16 heavy (non-hydrogen) atoms. The lowest BCUT2D eigenvalue weighted by Crippen LogP contribution is -2.44. The van der Waals surface area contributed by atoms with Gasteiger partial charge in [-0.2, -0.15) is 0 Å². The molecule has 1 amide bonds. The van der Waals surface area contributed by atoms with Gasteiger partial charge in [-0.1, -0.05) is 32.0 Å². The summed E-state index contributed by atoms with van der Waals surface area (Å²) in [4.78, 5) is 11.8. The normalized spacial score (nSPS) is 13.2. The molecule has 0 fully saturated rings. The Kier molecular flexibility index (Phi) is 4.07. The van der Waals surface area contributed by atoms with Crippen molar-refractivity contribution in [1.82, 2.24) is 5.32 Å². The van der Waals surface area contributed by atoms with Crippen LogP contribution in [0.25, 0.3) is 0 Å². The van der Waals surface area contributed by atoms with Gasteiger partial charge in [-0.05, 0) is 19.1 Å². The van der Waals surface area contributed by atoms with Crippen LogP contribution in [-0.4, -0.2) is 23.7 Å². The van der Waals surface area contributed by atoms with Crippen LogP contribution in [0.4, 0.5) is 0 Å². The van der Waals surface area contributed by atoms with Gasteiger partial charge in [0.05, 0.1) is 6.61 Å². The average Bonchev–Trinajstić information content (AvgIpc) is 2.30. The molecule has 1 aromatic rings. The summed E-state index contributed by atoms with van der Waals surface area (Å²) in [5.41, 5.74) is 0.327. The van der Waals surface area contributed by atoms with Gasteiger partial charge in [-0.25, -0.2) is 0 Å². The fourth-order valence-electron chi connectivity index (χ4n) is 1.20. The number of amides is 1. The summed E-state index contributed by atoms with van der Waals surface area (Å²) in [6.45, 7) is 5.78. The van der Waals surface area contributed by atoms with E-state index in [4.69, 9.17) is 0 Å². The first-order valence-corrected chi connectivity index (χ1v) is 5.44. The first-order valence-electron chi connectivity index (χ1n) is 5.44. The molecule has 1 atom stereocenters. The van der Waals surface area contributed by atoms with E-state index in [0.717, 1.165) is 0 Å². The molecule has 0 spiro atoms. The third-order valence-electron chi connectivity index (χ3n) is 2.96. The van der Waals surface area contributed by atoms with Crippen molar-refractivity contribution in [3.8, 4) is 0 Å². The lowest BCUT2D eigenvalue weighted by Gasteiger charge is -2.30. The molecule has 1 aromatic carbocycles. The van der Waals surface area contributed by atoms with Crippen LogP contribution in [0.5, 0.6) is 0 Å². The molecule has 0 saturated carbocycles. The second-order valence-corrected chi connectivity index (χ2v) is 4.71. The number of aliphatic hydroxyl groups excluding tert-OH is 1. The summed E-state index contributed by atoms with van der Waals surface area (Å²) >= 11 is 0. The zero-order valence-electron chi connectivity index (χ0n) is 10.0. The van der Waals surface area contributed by atoms with Gasteiger partial charge in [0.2, 0.25) is 0 Å². The summed E-state index contributed by atoms with van der Waals surface area (Å²) in [7, 11) is 0. The van der Waals surface area contributed by atoms with Gasteiger partial charge >= 0.3 is 0 Å². The molecule has 88 valence electrons. The second-order valence-electron chi connectivity index (χ2n) is 4.71. The minimum atomic E-state index is -0.315. The Labute approximate surface area is 96.5 Å². The van der Waals surface area contributed by atoms with E-state index in [0.29, 0.717) is 5.56 Å². The van der Waals surface area contributed by atoms with E-state index in [1.807, 2.05) is 39.0 Å². The molecule has 0 saturated heterocycles. The largest absolute Gasteiger partial charge is 0.396 e. The van der Waals surface area contributed by atoms with Gasteiger partial charge in [-0.15, -0.1) is 0 Å². The maximum absolute atomic E-state index is 11.8. The molecule has 2 N–H and O–H groups in total. The standard InChI is InChI=1S/C13H19NO2/c1-10(13(2,3)9-15)14-12(16)11-7-5-4-6-8-11/h4-8,10,15H,9H2,1-3H3,(H,14,16). The Morgan fingerprint density at radius 3 is 2.44 bits per heavy atom. The number of rotatable bonds is 4. The number of hydrogen-bond acceptors (Lipinski definition) is 2. The van der Waals surface area contributed by atoms with Crippen LogP contribution in [0.1, 0.15) is 31.1 Å². The first-order chi connectivity index (χ1) is 7.47. The van der Waals surface area contributed by atoms with Gasteiger partial charge in [0.15, 0.2) is 0 Å². The predicted molar refractivity (Wildman–Crippen MR) is 64.2 cm³/mol. The molecule has 3 nitrogen and oxygen atoms in total. The summed E-state index contributed by atoms with van der Waals surface area (Å²) in [5, 5.41) is 12.1. The van der Waals surface area contributed by atoms with Crippen LogP contribution in [0.2, 0.25) is 0 Å². The van der Waals surface area contributed by atoms with Crippen molar-refractivity contribution < 1.29 is 9.90 Å². The Morgan fingerprint density at radius 2 is 1.94 bits per heavy atom. The highest BCUT2D eigenvalue weighted by atomic mass is 16.3. The Hall–Kier alpha value is -1.35. The van der Waals surface area contributed by atoms with Crippen molar-refractivity contribution >= 4 is 5.91 Å². The topological polar surface area (TPSA) is 49.3 Å². The number of hydrogen-bond donors (Lipinski definition) is 2. The van der Waals surface area contributed by atoms with E-state index < -0.39 is 0 Å². The molecule has 0 aliphatic carbocycles. The summed E-state index contributed by atoms with van der Waals surface area (Å²) in [5.74, 6) is -0.102. The SMILES string of the molecule is CC(NC(=O)c1ccccc1)C(C)(C)CO. The summed E-state index contributed by atoms with van der Waals surface area (Å²) in [6.07, 6.45) is 0. The molecule has 0 radical (unpaired) electrons. The lowest BCUT2D eigenvalue weighted by molar-refractivity contribution is 0.0834. The minimum Gasteiger partial charge on any atom is -0.396 e. The van der Waals surface area contributed by atoms with Crippen LogP contribution < -0.4 is 5.32 Å². The van der Waals surface area contributed by atoms with Crippen LogP contribution in [0.3, 0.4) is 0 Å². The van der Waals surface area contributed by atoms with Crippen LogP contribution in [0.15, 0.2) is 30.3 Å². The average molecular weight is 221 g/mol. The molecular weight excluding hydrogens is 202 g/mol. The quantitative estimate of drug-likeness (QED) is 0.814. The highest BCUT2D eigenvalue weighted by Crippen LogP contribution is 2.19. The minimum absolute atomic E-state index is 0.0449. The van der Waals surface area contributed by atoms with Crippen LogP contribution in [0, 0.1) is 5.41 Å². The fraction of sp³-hybridized carbons (Fsp3) is 0.462. The number of carbonyl (C=O) groups excluding carboxylic acids is 1. The third-order valence-corrected chi connectivity index (χ3v) is 2.96. The Balaban J connectivity index is 2.66. The van der Waals surface area contributed by atoms with Crippen molar-refractivity contribution in [2.45, 2.75) is 26.8 Å². The van der Waals surface area contributed by atoms with Gasteiger partial charge < -0.3 is 10.4 Å². The molecule has 0 heterocycles. The van der Waals surface area contributed by atoms with E-state index in [-0.39, 0.29) is 24.0 Å². The number of aliphatic hydroxyl groups is 1. The maximum atomic E-state index is 11.8. The van der Waals surface area contributed by atoms with E-state index in [2.05, 4.69) is 5.32 Å². The number of carbonyl (C=O) groups is 1. The summed E-state index contributed by atoms with van der Waals surface area (Å²) in [6, 6.07) is 9.00.